The van der Waals surface area contributed by atoms with Crippen molar-refractivity contribution in [1.29, 1.82) is 0 Å². The van der Waals surface area contributed by atoms with Gasteiger partial charge in [-0.3, -0.25) is 9.69 Å². The number of aryl methyl sites for hydroxylation is 1. The van der Waals surface area contributed by atoms with Gasteiger partial charge in [-0.05, 0) is 17.5 Å². The molecule has 0 N–H and O–H groups in total. The minimum Gasteiger partial charge on any atom is -0.340 e. The first-order valence-electron chi connectivity index (χ1n) is 10.9. The van der Waals surface area contributed by atoms with Gasteiger partial charge in [-0.2, -0.15) is 0 Å². The summed E-state index contributed by atoms with van der Waals surface area (Å²) in [7, 11) is 1.94. The molecule has 0 fully saturated rings. The molecule has 0 spiro atoms. The first-order valence-corrected chi connectivity index (χ1v) is 10.9. The summed E-state index contributed by atoms with van der Waals surface area (Å²) in [6, 6.07) is 13.0. The average Bonchev–Trinajstić information content (AvgIpc) is 3.36. The molecule has 3 heterocycles. The normalized spacial score (nSPS) is 13.1. The lowest BCUT2D eigenvalue weighted by Gasteiger charge is -2.18. The van der Waals surface area contributed by atoms with E-state index in [0.717, 1.165) is 22.4 Å². The SMILES string of the molecule is CC(C)c1c(F)cccc1-c1ncc2c(n1)N(Cc1ccc(-c3cn(C)cn3)cc1)C(=O)C2. The number of amides is 1. The van der Waals surface area contributed by atoms with Gasteiger partial charge in [-0.25, -0.2) is 19.3 Å². The van der Waals surface area contributed by atoms with Gasteiger partial charge in [0.1, 0.15) is 11.6 Å². The van der Waals surface area contributed by atoms with Crippen molar-refractivity contribution >= 4 is 11.7 Å². The first-order chi connectivity index (χ1) is 15.9. The van der Waals surface area contributed by atoms with Crippen LogP contribution in [0.4, 0.5) is 10.2 Å². The predicted octanol–water partition coefficient (Wildman–Crippen LogP) is 4.90. The number of carbonyl (C=O) groups is 1. The zero-order valence-electron chi connectivity index (χ0n) is 18.8. The van der Waals surface area contributed by atoms with Gasteiger partial charge in [0.15, 0.2) is 5.82 Å². The van der Waals surface area contributed by atoms with E-state index in [1.807, 2.05) is 62.0 Å². The van der Waals surface area contributed by atoms with Crippen LogP contribution in [0.5, 0.6) is 0 Å². The quantitative estimate of drug-likeness (QED) is 0.442. The fourth-order valence-electron chi connectivity index (χ4n) is 4.27. The van der Waals surface area contributed by atoms with Crippen LogP contribution in [-0.4, -0.2) is 25.4 Å². The number of hydrogen-bond donors (Lipinski definition) is 0. The van der Waals surface area contributed by atoms with Crippen molar-refractivity contribution in [2.75, 3.05) is 4.90 Å². The molecular weight excluding hydrogens is 417 g/mol. The summed E-state index contributed by atoms with van der Waals surface area (Å²) in [5, 5.41) is 0. The van der Waals surface area contributed by atoms with Crippen LogP contribution in [0.3, 0.4) is 0 Å². The molecule has 0 atom stereocenters. The molecule has 7 heteroatoms. The molecule has 2 aromatic heterocycles. The van der Waals surface area contributed by atoms with E-state index in [0.29, 0.717) is 29.3 Å². The Hall–Kier alpha value is -3.87. The second-order valence-corrected chi connectivity index (χ2v) is 8.68. The molecule has 0 bridgehead atoms. The zero-order valence-corrected chi connectivity index (χ0v) is 18.8. The van der Waals surface area contributed by atoms with Crippen molar-refractivity contribution in [3.8, 4) is 22.6 Å². The van der Waals surface area contributed by atoms with E-state index >= 15 is 0 Å². The summed E-state index contributed by atoms with van der Waals surface area (Å²) >= 11 is 0. The molecule has 0 saturated carbocycles. The van der Waals surface area contributed by atoms with Gasteiger partial charge < -0.3 is 4.57 Å². The maximum absolute atomic E-state index is 14.5. The molecule has 1 aliphatic rings. The largest absolute Gasteiger partial charge is 0.340 e. The number of fused-ring (bicyclic) bond motifs is 1. The smallest absolute Gasteiger partial charge is 0.233 e. The fraction of sp³-hybridized carbons (Fsp3) is 0.231. The number of imidazole rings is 1. The van der Waals surface area contributed by atoms with E-state index in [-0.39, 0.29) is 24.1 Å². The van der Waals surface area contributed by atoms with Crippen molar-refractivity contribution in [3.05, 3.63) is 83.7 Å². The van der Waals surface area contributed by atoms with Gasteiger partial charge in [0, 0.05) is 41.7 Å². The lowest BCUT2D eigenvalue weighted by Crippen LogP contribution is -2.26. The van der Waals surface area contributed by atoms with Gasteiger partial charge >= 0.3 is 0 Å². The third-order valence-electron chi connectivity index (χ3n) is 5.91. The summed E-state index contributed by atoms with van der Waals surface area (Å²) < 4.78 is 16.4. The summed E-state index contributed by atoms with van der Waals surface area (Å²) in [6.45, 7) is 4.30. The Bertz CT molecular complexity index is 1340. The maximum Gasteiger partial charge on any atom is 0.233 e. The molecule has 0 aliphatic carbocycles. The van der Waals surface area contributed by atoms with Crippen molar-refractivity contribution in [2.45, 2.75) is 32.7 Å². The Morgan fingerprint density at radius 2 is 1.88 bits per heavy atom. The lowest BCUT2D eigenvalue weighted by molar-refractivity contribution is -0.117. The number of rotatable bonds is 5. The number of nitrogens with zero attached hydrogens (tertiary/aromatic N) is 5. The third kappa shape index (κ3) is 3.91. The van der Waals surface area contributed by atoms with Gasteiger partial charge in [0.2, 0.25) is 5.91 Å². The number of halogens is 1. The van der Waals surface area contributed by atoms with Crippen molar-refractivity contribution in [3.63, 3.8) is 0 Å². The molecule has 33 heavy (non-hydrogen) atoms. The van der Waals surface area contributed by atoms with Gasteiger partial charge in [-0.1, -0.05) is 50.2 Å². The number of aromatic nitrogens is 4. The lowest BCUT2D eigenvalue weighted by atomic mass is 9.96. The highest BCUT2D eigenvalue weighted by Crippen LogP contribution is 2.34. The topological polar surface area (TPSA) is 63.9 Å². The van der Waals surface area contributed by atoms with Gasteiger partial charge in [0.05, 0.1) is 25.0 Å². The van der Waals surface area contributed by atoms with E-state index in [1.165, 1.54) is 6.07 Å². The van der Waals surface area contributed by atoms with E-state index in [4.69, 9.17) is 4.98 Å². The molecule has 4 aromatic rings. The number of benzene rings is 2. The highest BCUT2D eigenvalue weighted by Gasteiger charge is 2.30. The van der Waals surface area contributed by atoms with Crippen LogP contribution in [-0.2, 0) is 24.8 Å². The minimum atomic E-state index is -0.271. The Balaban J connectivity index is 1.46. The standard InChI is InChI=1S/C26H24FN5O/c1-16(2)24-20(5-4-6-21(24)27)25-28-12-19-11-23(33)32(26(19)30-25)13-17-7-9-18(10-8-17)22-14-31(3)15-29-22/h4-10,12,14-16H,11,13H2,1-3H3. The monoisotopic (exact) mass is 441 g/mol. The Labute approximate surface area is 191 Å². The van der Waals surface area contributed by atoms with E-state index < -0.39 is 0 Å². The number of hydrogen-bond acceptors (Lipinski definition) is 4. The minimum absolute atomic E-state index is 0.0198. The highest BCUT2D eigenvalue weighted by molar-refractivity contribution is 6.00. The van der Waals surface area contributed by atoms with Crippen LogP contribution in [0.1, 0.15) is 36.5 Å². The third-order valence-corrected chi connectivity index (χ3v) is 5.91. The molecule has 2 aromatic carbocycles. The number of carbonyl (C=O) groups excluding carboxylic acids is 1. The fourth-order valence-corrected chi connectivity index (χ4v) is 4.27. The molecule has 0 unspecified atom stereocenters. The van der Waals surface area contributed by atoms with E-state index in [1.54, 1.807) is 23.5 Å². The van der Waals surface area contributed by atoms with E-state index in [2.05, 4.69) is 9.97 Å². The van der Waals surface area contributed by atoms with Gasteiger partial charge in [-0.15, -0.1) is 0 Å². The average molecular weight is 442 g/mol. The van der Waals surface area contributed by atoms with Crippen LogP contribution in [0.15, 0.2) is 61.2 Å². The molecule has 1 aliphatic heterocycles. The molecule has 1 amide bonds. The Morgan fingerprint density at radius 1 is 1.09 bits per heavy atom. The second-order valence-electron chi connectivity index (χ2n) is 8.68. The van der Waals surface area contributed by atoms with Crippen LogP contribution in [0, 0.1) is 5.82 Å². The first kappa shape index (κ1) is 21.0. The van der Waals surface area contributed by atoms with Gasteiger partial charge in [0.25, 0.3) is 0 Å². The van der Waals surface area contributed by atoms with Crippen LogP contribution >= 0.6 is 0 Å². The molecule has 5 rings (SSSR count). The zero-order chi connectivity index (χ0) is 23.1. The van der Waals surface area contributed by atoms with Crippen LogP contribution < -0.4 is 4.90 Å². The van der Waals surface area contributed by atoms with Crippen LogP contribution in [0.25, 0.3) is 22.6 Å². The maximum atomic E-state index is 14.5. The molecule has 0 radical (unpaired) electrons. The second kappa shape index (κ2) is 8.24. The Morgan fingerprint density at radius 3 is 2.58 bits per heavy atom. The number of anilines is 1. The molecule has 6 nitrogen and oxygen atoms in total. The van der Waals surface area contributed by atoms with E-state index in [9.17, 15) is 9.18 Å². The summed E-state index contributed by atoms with van der Waals surface area (Å²) in [5.41, 5.74) is 4.94. The molecule has 0 saturated heterocycles. The molecular formula is C26H24FN5O. The molecule has 166 valence electrons. The summed E-state index contributed by atoms with van der Waals surface area (Å²) in [6.07, 6.45) is 5.69. The highest BCUT2D eigenvalue weighted by atomic mass is 19.1. The van der Waals surface area contributed by atoms with Crippen molar-refractivity contribution < 1.29 is 9.18 Å². The Kier molecular flexibility index (Phi) is 5.24. The van der Waals surface area contributed by atoms with Crippen LogP contribution in [0.2, 0.25) is 0 Å². The van der Waals surface area contributed by atoms with Crippen molar-refractivity contribution in [1.82, 2.24) is 19.5 Å². The predicted molar refractivity (Wildman–Crippen MR) is 125 cm³/mol. The van der Waals surface area contributed by atoms with Crippen molar-refractivity contribution in [2.24, 2.45) is 7.05 Å². The summed E-state index contributed by atoms with van der Waals surface area (Å²) in [4.78, 5) is 28.0. The summed E-state index contributed by atoms with van der Waals surface area (Å²) in [5.74, 6) is 0.717.